The van der Waals surface area contributed by atoms with Crippen molar-refractivity contribution in [1.29, 1.82) is 0 Å². The van der Waals surface area contributed by atoms with Gasteiger partial charge >= 0.3 is 5.97 Å². The average Bonchev–Trinajstić information content (AvgIpc) is 2.05. The number of nitrogens with one attached hydrogen (secondary N) is 1. The van der Waals surface area contributed by atoms with Crippen molar-refractivity contribution in [3.63, 3.8) is 0 Å². The lowest BCUT2D eigenvalue weighted by Gasteiger charge is -2.07. The maximum absolute atomic E-state index is 10.9. The summed E-state index contributed by atoms with van der Waals surface area (Å²) in [6.45, 7) is 1.94. The van der Waals surface area contributed by atoms with Crippen LogP contribution in [0.1, 0.15) is 13.3 Å². The third-order valence-corrected chi connectivity index (χ3v) is 1.22. The molecule has 0 aromatic carbocycles. The lowest BCUT2D eigenvalue weighted by Crippen LogP contribution is -2.40. The fourth-order valence-electron chi connectivity index (χ4n) is 0.656. The van der Waals surface area contributed by atoms with Crippen LogP contribution in [-0.4, -0.2) is 24.5 Å². The molecule has 0 saturated heterocycles. The maximum atomic E-state index is 10.9. The van der Waals surface area contributed by atoms with E-state index in [2.05, 4.69) is 4.74 Å². The highest BCUT2D eigenvalue weighted by molar-refractivity contribution is 5.87. The van der Waals surface area contributed by atoms with Gasteiger partial charge < -0.3 is 10.5 Å². The van der Waals surface area contributed by atoms with Gasteiger partial charge in [-0.25, -0.2) is 0 Å². The monoisotopic (exact) mass is 184 g/mol. The van der Waals surface area contributed by atoms with Gasteiger partial charge in [-0.3, -0.25) is 14.9 Å². The van der Waals surface area contributed by atoms with Crippen molar-refractivity contribution in [2.75, 3.05) is 6.61 Å². The van der Waals surface area contributed by atoms with Gasteiger partial charge in [0.25, 0.3) is 0 Å². The zero-order valence-corrected chi connectivity index (χ0v) is 7.37. The van der Waals surface area contributed by atoms with Crippen molar-refractivity contribution >= 4 is 11.9 Å². The second-order valence-corrected chi connectivity index (χ2v) is 2.25. The SMILES string of the molecule is C#CNC(=O)[C@@H](N)CC(=O)OCC. The Bertz CT molecular complexity index is 232. The smallest absolute Gasteiger partial charge is 0.307 e. The fraction of sp³-hybridized carbons (Fsp3) is 0.500. The van der Waals surface area contributed by atoms with E-state index >= 15 is 0 Å². The molecule has 0 rings (SSSR count). The van der Waals surface area contributed by atoms with Crippen LogP contribution in [0.15, 0.2) is 0 Å². The minimum absolute atomic E-state index is 0.165. The Morgan fingerprint density at radius 3 is 2.77 bits per heavy atom. The second kappa shape index (κ2) is 6.03. The molecule has 0 aliphatic carbocycles. The third kappa shape index (κ3) is 4.82. The van der Waals surface area contributed by atoms with E-state index < -0.39 is 17.9 Å². The van der Waals surface area contributed by atoms with Crippen LogP contribution in [0.5, 0.6) is 0 Å². The van der Waals surface area contributed by atoms with E-state index in [1.165, 1.54) is 0 Å². The predicted octanol–water partition coefficient (Wildman–Crippen LogP) is -1.03. The molecular weight excluding hydrogens is 172 g/mol. The van der Waals surface area contributed by atoms with Gasteiger partial charge in [0.1, 0.15) is 0 Å². The van der Waals surface area contributed by atoms with Crippen LogP contribution in [-0.2, 0) is 14.3 Å². The molecule has 72 valence electrons. The molecule has 0 fully saturated rings. The summed E-state index contributed by atoms with van der Waals surface area (Å²) in [5.74, 6) is -1.07. The largest absolute Gasteiger partial charge is 0.466 e. The summed E-state index contributed by atoms with van der Waals surface area (Å²) >= 11 is 0. The number of terminal acetylenes is 1. The standard InChI is InChI=1S/C8H12N2O3/c1-3-10-8(12)6(9)5-7(11)13-4-2/h1,6H,4-5,9H2,2H3,(H,10,12)/t6-/m0/s1. The summed E-state index contributed by atoms with van der Waals surface area (Å²) in [6.07, 6.45) is 4.64. The van der Waals surface area contributed by atoms with Crippen molar-refractivity contribution in [2.45, 2.75) is 19.4 Å². The molecular formula is C8H12N2O3. The van der Waals surface area contributed by atoms with Crippen molar-refractivity contribution in [3.8, 4) is 12.5 Å². The van der Waals surface area contributed by atoms with Crippen molar-refractivity contribution < 1.29 is 14.3 Å². The van der Waals surface area contributed by atoms with E-state index in [1.807, 2.05) is 11.4 Å². The number of amides is 1. The van der Waals surface area contributed by atoms with Crippen molar-refractivity contribution in [1.82, 2.24) is 5.32 Å². The number of esters is 1. The first kappa shape index (κ1) is 11.5. The van der Waals surface area contributed by atoms with Crippen LogP contribution in [0.25, 0.3) is 0 Å². The molecule has 0 saturated carbocycles. The number of carbonyl (C=O) groups excluding carboxylic acids is 2. The number of hydrogen-bond donors (Lipinski definition) is 2. The highest BCUT2D eigenvalue weighted by Gasteiger charge is 2.17. The Morgan fingerprint density at radius 2 is 2.31 bits per heavy atom. The molecule has 0 heterocycles. The van der Waals surface area contributed by atoms with Crippen LogP contribution < -0.4 is 11.1 Å². The summed E-state index contributed by atoms with van der Waals surface area (Å²) in [5, 5.41) is 2.05. The summed E-state index contributed by atoms with van der Waals surface area (Å²) < 4.78 is 4.59. The van der Waals surface area contributed by atoms with Gasteiger partial charge in [-0.1, -0.05) is 6.42 Å². The Labute approximate surface area is 76.6 Å². The Morgan fingerprint density at radius 1 is 1.69 bits per heavy atom. The van der Waals surface area contributed by atoms with Crippen molar-refractivity contribution in [2.24, 2.45) is 5.73 Å². The van der Waals surface area contributed by atoms with E-state index in [-0.39, 0.29) is 13.0 Å². The lowest BCUT2D eigenvalue weighted by atomic mass is 10.2. The van der Waals surface area contributed by atoms with Gasteiger partial charge in [-0.05, 0) is 6.92 Å². The van der Waals surface area contributed by atoms with Gasteiger partial charge in [0.05, 0.1) is 19.1 Å². The molecule has 0 unspecified atom stereocenters. The van der Waals surface area contributed by atoms with Gasteiger partial charge in [0.2, 0.25) is 5.91 Å². The summed E-state index contributed by atoms with van der Waals surface area (Å²) in [6, 6.07) is 0.973. The Balaban J connectivity index is 3.86. The first-order valence-corrected chi connectivity index (χ1v) is 3.78. The van der Waals surface area contributed by atoms with Gasteiger partial charge in [0.15, 0.2) is 0 Å². The van der Waals surface area contributed by atoms with Crippen LogP contribution in [0.4, 0.5) is 0 Å². The van der Waals surface area contributed by atoms with Gasteiger partial charge in [0, 0.05) is 6.04 Å². The van der Waals surface area contributed by atoms with Crippen molar-refractivity contribution in [3.05, 3.63) is 0 Å². The highest BCUT2D eigenvalue weighted by atomic mass is 16.5. The lowest BCUT2D eigenvalue weighted by molar-refractivity contribution is -0.144. The average molecular weight is 184 g/mol. The molecule has 13 heavy (non-hydrogen) atoms. The molecule has 0 aliphatic heterocycles. The molecule has 0 radical (unpaired) electrons. The highest BCUT2D eigenvalue weighted by Crippen LogP contribution is 1.91. The number of nitrogens with two attached hydrogens (primary N) is 1. The van der Waals surface area contributed by atoms with Crippen LogP contribution in [0.3, 0.4) is 0 Å². The molecule has 0 aliphatic rings. The van der Waals surface area contributed by atoms with E-state index in [4.69, 9.17) is 12.2 Å². The first-order valence-electron chi connectivity index (χ1n) is 3.78. The van der Waals surface area contributed by atoms with Crippen LogP contribution in [0.2, 0.25) is 0 Å². The summed E-state index contributed by atoms with van der Waals surface area (Å²) in [4.78, 5) is 21.7. The number of hydrogen-bond acceptors (Lipinski definition) is 4. The van der Waals surface area contributed by atoms with E-state index in [0.717, 1.165) is 0 Å². The number of carbonyl (C=O) groups is 2. The van der Waals surface area contributed by atoms with Gasteiger partial charge in [-0.2, -0.15) is 0 Å². The molecule has 5 nitrogen and oxygen atoms in total. The molecule has 0 aromatic rings. The summed E-state index contributed by atoms with van der Waals surface area (Å²) in [7, 11) is 0. The minimum Gasteiger partial charge on any atom is -0.466 e. The van der Waals surface area contributed by atoms with E-state index in [9.17, 15) is 9.59 Å². The Hall–Kier alpha value is -1.54. The van der Waals surface area contributed by atoms with Crippen LogP contribution in [0, 0.1) is 12.5 Å². The molecule has 1 amide bonds. The predicted molar refractivity (Wildman–Crippen MR) is 46.2 cm³/mol. The molecule has 1 atom stereocenters. The van der Waals surface area contributed by atoms with E-state index in [0.29, 0.717) is 0 Å². The molecule has 0 aromatic heterocycles. The minimum atomic E-state index is -0.949. The number of rotatable bonds is 4. The van der Waals surface area contributed by atoms with Gasteiger partial charge in [-0.15, -0.1) is 0 Å². The quantitative estimate of drug-likeness (QED) is 0.332. The topological polar surface area (TPSA) is 81.4 Å². The molecule has 5 heteroatoms. The normalized spacial score (nSPS) is 11.2. The Kier molecular flexibility index (Phi) is 5.32. The molecule has 0 spiro atoms. The molecule has 0 bridgehead atoms. The zero-order valence-electron chi connectivity index (χ0n) is 7.37. The second-order valence-electron chi connectivity index (χ2n) is 2.25. The first-order chi connectivity index (χ1) is 6.11. The maximum Gasteiger partial charge on any atom is 0.307 e. The van der Waals surface area contributed by atoms with E-state index in [1.54, 1.807) is 6.92 Å². The summed E-state index contributed by atoms with van der Waals surface area (Å²) in [5.41, 5.74) is 5.33. The van der Waals surface area contributed by atoms with Crippen LogP contribution >= 0.6 is 0 Å². The fourth-order valence-corrected chi connectivity index (χ4v) is 0.656. The molecule has 3 N–H and O–H groups in total. The number of ether oxygens (including phenoxy) is 1. The third-order valence-electron chi connectivity index (χ3n) is 1.22. The zero-order chi connectivity index (χ0) is 10.3.